The Morgan fingerprint density at radius 1 is 1.62 bits per heavy atom. The van der Waals surface area contributed by atoms with E-state index in [9.17, 15) is 4.79 Å². The third-order valence-electron chi connectivity index (χ3n) is 1.63. The minimum Gasteiger partial charge on any atom is -0.392 e. The van der Waals surface area contributed by atoms with Crippen LogP contribution in [0.25, 0.3) is 0 Å². The van der Waals surface area contributed by atoms with Gasteiger partial charge in [0, 0.05) is 24.5 Å². The predicted octanol–water partition coefficient (Wildman–Crippen LogP) is 0.473. The lowest BCUT2D eigenvalue weighted by molar-refractivity contribution is -0.109. The first-order valence-electron chi connectivity index (χ1n) is 3.68. The van der Waals surface area contributed by atoms with Gasteiger partial charge in [0.1, 0.15) is 0 Å². The highest BCUT2D eigenvalue weighted by Crippen LogP contribution is 2.18. The predicted molar refractivity (Wildman–Crippen MR) is 48.1 cm³/mol. The van der Waals surface area contributed by atoms with E-state index in [4.69, 9.17) is 16.7 Å². The molecule has 2 N–H and O–H groups in total. The summed E-state index contributed by atoms with van der Waals surface area (Å²) in [6.45, 7) is 0.171. The summed E-state index contributed by atoms with van der Waals surface area (Å²) in [6.07, 6.45) is 3.60. The standard InChI is InChI=1S/C8H9ClN2O2/c9-8-3-10-1-6(2-11-5-13)7(8)4-12/h1,3,5,12H,2,4H2,(H,11,13). The highest BCUT2D eigenvalue weighted by molar-refractivity contribution is 6.31. The molecule has 0 bridgehead atoms. The Labute approximate surface area is 80.6 Å². The molecule has 0 spiro atoms. The lowest BCUT2D eigenvalue weighted by atomic mass is 10.1. The second-order valence-electron chi connectivity index (χ2n) is 2.42. The van der Waals surface area contributed by atoms with E-state index in [2.05, 4.69) is 10.3 Å². The number of nitrogens with one attached hydrogen (secondary N) is 1. The molecular weight excluding hydrogens is 192 g/mol. The third-order valence-corrected chi connectivity index (χ3v) is 1.95. The van der Waals surface area contributed by atoms with Crippen LogP contribution in [0.1, 0.15) is 11.1 Å². The Morgan fingerprint density at radius 3 is 3.00 bits per heavy atom. The molecule has 0 radical (unpaired) electrons. The number of hydrogen-bond acceptors (Lipinski definition) is 3. The number of carbonyl (C=O) groups is 1. The summed E-state index contributed by atoms with van der Waals surface area (Å²) >= 11 is 5.77. The Bertz CT molecular complexity index is 304. The summed E-state index contributed by atoms with van der Waals surface area (Å²) in [5, 5.41) is 11.9. The van der Waals surface area contributed by atoms with Gasteiger partial charge in [0.15, 0.2) is 0 Å². The van der Waals surface area contributed by atoms with Gasteiger partial charge in [-0.05, 0) is 5.56 Å². The van der Waals surface area contributed by atoms with Gasteiger partial charge >= 0.3 is 0 Å². The zero-order chi connectivity index (χ0) is 9.68. The fourth-order valence-electron chi connectivity index (χ4n) is 0.983. The first-order chi connectivity index (χ1) is 6.29. The second-order valence-corrected chi connectivity index (χ2v) is 2.82. The molecule has 4 nitrogen and oxygen atoms in total. The van der Waals surface area contributed by atoms with Crippen LogP contribution in [0.5, 0.6) is 0 Å². The maximum absolute atomic E-state index is 10.0. The smallest absolute Gasteiger partial charge is 0.207 e. The van der Waals surface area contributed by atoms with Gasteiger partial charge in [-0.2, -0.15) is 0 Å². The molecule has 1 rings (SSSR count). The summed E-state index contributed by atoms with van der Waals surface area (Å²) in [7, 11) is 0. The maximum Gasteiger partial charge on any atom is 0.207 e. The second kappa shape index (κ2) is 4.79. The van der Waals surface area contributed by atoms with E-state index in [1.165, 1.54) is 6.20 Å². The van der Waals surface area contributed by atoms with Crippen molar-refractivity contribution in [1.82, 2.24) is 10.3 Å². The molecule has 1 aromatic rings. The average molecular weight is 201 g/mol. The third kappa shape index (κ3) is 2.40. The number of pyridine rings is 1. The van der Waals surface area contributed by atoms with Crippen LogP contribution in [0, 0.1) is 0 Å². The van der Waals surface area contributed by atoms with Gasteiger partial charge < -0.3 is 10.4 Å². The van der Waals surface area contributed by atoms with Crippen molar-refractivity contribution >= 4 is 18.0 Å². The lowest BCUT2D eigenvalue weighted by Gasteiger charge is -2.06. The van der Waals surface area contributed by atoms with Crippen LogP contribution in [-0.2, 0) is 17.9 Å². The number of aromatic nitrogens is 1. The van der Waals surface area contributed by atoms with Crippen molar-refractivity contribution in [3.8, 4) is 0 Å². The summed E-state index contributed by atoms with van der Waals surface area (Å²) in [5.41, 5.74) is 1.33. The molecule has 0 unspecified atom stereocenters. The molecule has 0 aliphatic rings. The van der Waals surface area contributed by atoms with Gasteiger partial charge in [0.25, 0.3) is 0 Å². The van der Waals surface area contributed by atoms with E-state index >= 15 is 0 Å². The van der Waals surface area contributed by atoms with Gasteiger partial charge in [-0.15, -0.1) is 0 Å². The molecule has 0 saturated carbocycles. The molecule has 1 heterocycles. The van der Waals surface area contributed by atoms with Crippen molar-refractivity contribution < 1.29 is 9.90 Å². The molecule has 0 aliphatic heterocycles. The monoisotopic (exact) mass is 200 g/mol. The van der Waals surface area contributed by atoms with Crippen molar-refractivity contribution in [2.24, 2.45) is 0 Å². The maximum atomic E-state index is 10.0. The molecule has 1 amide bonds. The van der Waals surface area contributed by atoms with Crippen LogP contribution in [0.3, 0.4) is 0 Å². The van der Waals surface area contributed by atoms with E-state index in [0.717, 1.165) is 5.56 Å². The van der Waals surface area contributed by atoms with Gasteiger partial charge in [0.2, 0.25) is 6.41 Å². The van der Waals surface area contributed by atoms with Crippen molar-refractivity contribution in [1.29, 1.82) is 0 Å². The molecule has 13 heavy (non-hydrogen) atoms. The first-order valence-corrected chi connectivity index (χ1v) is 4.06. The highest BCUT2D eigenvalue weighted by Gasteiger charge is 2.05. The SMILES string of the molecule is O=CNCc1cncc(Cl)c1CO. The summed E-state index contributed by atoms with van der Waals surface area (Å²) in [4.78, 5) is 13.9. The van der Waals surface area contributed by atoms with Crippen molar-refractivity contribution in [3.63, 3.8) is 0 Å². The molecule has 0 aromatic carbocycles. The summed E-state index contributed by atoms with van der Waals surface area (Å²) < 4.78 is 0. The number of amides is 1. The number of carbonyl (C=O) groups excluding carboxylic acids is 1. The molecule has 0 aliphatic carbocycles. The number of nitrogens with zero attached hydrogens (tertiary/aromatic N) is 1. The van der Waals surface area contributed by atoms with Gasteiger partial charge in [0.05, 0.1) is 11.6 Å². The Morgan fingerprint density at radius 2 is 2.38 bits per heavy atom. The largest absolute Gasteiger partial charge is 0.392 e. The molecule has 1 aromatic heterocycles. The number of aliphatic hydroxyl groups excluding tert-OH is 1. The van der Waals surface area contributed by atoms with Crippen molar-refractivity contribution in [2.45, 2.75) is 13.2 Å². The van der Waals surface area contributed by atoms with Crippen LogP contribution >= 0.6 is 11.6 Å². The fraction of sp³-hybridized carbons (Fsp3) is 0.250. The van der Waals surface area contributed by atoms with E-state index in [1.54, 1.807) is 6.20 Å². The molecule has 0 atom stereocenters. The zero-order valence-electron chi connectivity index (χ0n) is 6.83. The molecule has 0 fully saturated rings. The quantitative estimate of drug-likeness (QED) is 0.695. The lowest BCUT2D eigenvalue weighted by Crippen LogP contribution is -2.12. The van der Waals surface area contributed by atoms with Crippen molar-refractivity contribution in [3.05, 3.63) is 28.5 Å². The minimum atomic E-state index is -0.156. The van der Waals surface area contributed by atoms with Gasteiger partial charge in [-0.1, -0.05) is 11.6 Å². The highest BCUT2D eigenvalue weighted by atomic mass is 35.5. The zero-order valence-corrected chi connectivity index (χ0v) is 7.58. The van der Waals surface area contributed by atoms with Crippen LogP contribution < -0.4 is 5.32 Å². The summed E-state index contributed by atoms with van der Waals surface area (Å²) in [5.74, 6) is 0. The van der Waals surface area contributed by atoms with Crippen LogP contribution in [-0.4, -0.2) is 16.5 Å². The normalized spacial score (nSPS) is 9.69. The number of aliphatic hydroxyl groups is 1. The number of hydrogen-bond donors (Lipinski definition) is 2. The van der Waals surface area contributed by atoms with E-state index in [1.807, 2.05) is 0 Å². The van der Waals surface area contributed by atoms with Crippen LogP contribution in [0.4, 0.5) is 0 Å². The average Bonchev–Trinajstić information content (AvgIpc) is 2.15. The summed E-state index contributed by atoms with van der Waals surface area (Å²) in [6, 6.07) is 0. The fourth-order valence-corrected chi connectivity index (χ4v) is 1.22. The Hall–Kier alpha value is -1.13. The van der Waals surface area contributed by atoms with Gasteiger partial charge in [-0.3, -0.25) is 9.78 Å². The van der Waals surface area contributed by atoms with Crippen LogP contribution in [0.15, 0.2) is 12.4 Å². The molecular formula is C8H9ClN2O2. The minimum absolute atomic E-state index is 0.156. The first kappa shape index (κ1) is 9.95. The van der Waals surface area contributed by atoms with Crippen LogP contribution in [0.2, 0.25) is 5.02 Å². The Kier molecular flexibility index (Phi) is 3.67. The molecule has 70 valence electrons. The molecule has 5 heteroatoms. The topological polar surface area (TPSA) is 62.2 Å². The molecule has 0 saturated heterocycles. The van der Waals surface area contributed by atoms with E-state index in [-0.39, 0.29) is 6.61 Å². The Balaban J connectivity index is 2.91. The number of rotatable bonds is 4. The van der Waals surface area contributed by atoms with Gasteiger partial charge in [-0.25, -0.2) is 0 Å². The number of halogens is 1. The van der Waals surface area contributed by atoms with E-state index < -0.39 is 0 Å². The van der Waals surface area contributed by atoms with Crippen molar-refractivity contribution in [2.75, 3.05) is 0 Å². The van der Waals surface area contributed by atoms with E-state index in [0.29, 0.717) is 23.5 Å².